The number of aromatic nitrogens is 2. The van der Waals surface area contributed by atoms with E-state index in [0.717, 1.165) is 28.7 Å². The molecule has 2 unspecified atom stereocenters. The van der Waals surface area contributed by atoms with Crippen molar-refractivity contribution in [1.29, 1.82) is 0 Å². The summed E-state index contributed by atoms with van der Waals surface area (Å²) in [5.41, 5.74) is 1.64. The lowest BCUT2D eigenvalue weighted by molar-refractivity contribution is -0.173. The first-order valence-electron chi connectivity index (χ1n) is 11.3. The largest absolute Gasteiger partial charge is 0.410 e. The topological polar surface area (TPSA) is 46.9 Å². The molecular weight excluding hydrogens is 427 g/mol. The molecule has 1 N–H and O–H groups in total. The van der Waals surface area contributed by atoms with Gasteiger partial charge in [0.15, 0.2) is 11.8 Å². The fourth-order valence-corrected chi connectivity index (χ4v) is 4.88. The number of alkyl halides is 3. The number of anilines is 1. The van der Waals surface area contributed by atoms with Crippen LogP contribution in [0.25, 0.3) is 0 Å². The molecule has 1 aliphatic heterocycles. The van der Waals surface area contributed by atoms with Gasteiger partial charge in [0.1, 0.15) is 5.82 Å². The van der Waals surface area contributed by atoms with Crippen molar-refractivity contribution in [1.82, 2.24) is 9.78 Å². The lowest BCUT2D eigenvalue weighted by Gasteiger charge is -2.34. The Labute approximate surface area is 191 Å². The molecule has 7 heteroatoms. The third-order valence-corrected chi connectivity index (χ3v) is 6.98. The summed E-state index contributed by atoms with van der Waals surface area (Å²) < 4.78 is 42.8. The molecule has 0 radical (unpaired) electrons. The zero-order valence-electron chi connectivity index (χ0n) is 18.8. The maximum absolute atomic E-state index is 13.9. The maximum atomic E-state index is 13.9. The minimum Gasteiger partial charge on any atom is -0.363 e. The van der Waals surface area contributed by atoms with E-state index in [1.165, 1.54) is 6.20 Å². The van der Waals surface area contributed by atoms with Gasteiger partial charge in [-0.1, -0.05) is 74.5 Å². The summed E-state index contributed by atoms with van der Waals surface area (Å²) >= 11 is 0. The molecule has 0 amide bonds. The summed E-state index contributed by atoms with van der Waals surface area (Å²) in [6.07, 6.45) is -1.68. The molecule has 0 fully saturated rings. The number of halogens is 3. The molecule has 0 aliphatic carbocycles. The molecular formula is C26H28F3N3O. The smallest absolute Gasteiger partial charge is 0.363 e. The zero-order valence-corrected chi connectivity index (χ0v) is 18.8. The van der Waals surface area contributed by atoms with Gasteiger partial charge in [-0.2, -0.15) is 18.3 Å². The molecule has 2 atom stereocenters. The second kappa shape index (κ2) is 9.04. The first-order valence-corrected chi connectivity index (χ1v) is 11.3. The Morgan fingerprint density at radius 3 is 2.21 bits per heavy atom. The van der Waals surface area contributed by atoms with E-state index < -0.39 is 18.3 Å². The van der Waals surface area contributed by atoms with Crippen molar-refractivity contribution < 1.29 is 18.0 Å². The molecule has 0 spiro atoms. The Bertz CT molecular complexity index is 1090. The lowest BCUT2D eigenvalue weighted by Crippen LogP contribution is -2.36. The molecule has 33 heavy (non-hydrogen) atoms. The van der Waals surface area contributed by atoms with Crippen LogP contribution in [0.2, 0.25) is 0 Å². The van der Waals surface area contributed by atoms with Gasteiger partial charge in [0.05, 0.1) is 17.8 Å². The van der Waals surface area contributed by atoms with Gasteiger partial charge >= 0.3 is 6.18 Å². The van der Waals surface area contributed by atoms with Crippen molar-refractivity contribution in [2.75, 3.05) is 5.32 Å². The van der Waals surface area contributed by atoms with Crippen LogP contribution in [-0.2, 0) is 5.41 Å². The fraction of sp³-hybridized carbons (Fsp3) is 0.385. The normalized spacial score (nSPS) is 18.5. The molecule has 0 saturated carbocycles. The Morgan fingerprint density at radius 1 is 1.03 bits per heavy atom. The summed E-state index contributed by atoms with van der Waals surface area (Å²) in [6.45, 7) is 4.08. The molecule has 3 aromatic rings. The van der Waals surface area contributed by atoms with Crippen molar-refractivity contribution in [2.24, 2.45) is 0 Å². The molecule has 2 heterocycles. The highest BCUT2D eigenvalue weighted by molar-refractivity contribution is 6.01. The van der Waals surface area contributed by atoms with E-state index in [-0.39, 0.29) is 35.4 Å². The number of fused-ring (bicyclic) bond motifs is 1. The number of hydrogen-bond donors (Lipinski definition) is 1. The van der Waals surface area contributed by atoms with Crippen LogP contribution >= 0.6 is 0 Å². The van der Waals surface area contributed by atoms with Gasteiger partial charge in [-0.25, -0.2) is 4.68 Å². The van der Waals surface area contributed by atoms with Crippen LogP contribution in [0.5, 0.6) is 0 Å². The van der Waals surface area contributed by atoms with Crippen LogP contribution < -0.4 is 5.32 Å². The van der Waals surface area contributed by atoms with Crippen LogP contribution in [0, 0.1) is 0 Å². The molecule has 174 valence electrons. The highest BCUT2D eigenvalue weighted by Gasteiger charge is 2.47. The molecule has 2 aromatic carbocycles. The van der Waals surface area contributed by atoms with E-state index in [0.29, 0.717) is 0 Å². The lowest BCUT2D eigenvalue weighted by atomic mass is 9.72. The second-order valence-electron chi connectivity index (χ2n) is 8.71. The molecule has 4 rings (SSSR count). The number of carbonyl (C=O) groups excluding carboxylic acids is 1. The van der Waals surface area contributed by atoms with Crippen molar-refractivity contribution in [3.63, 3.8) is 0 Å². The molecule has 1 aromatic heterocycles. The van der Waals surface area contributed by atoms with Crippen molar-refractivity contribution in [2.45, 2.75) is 63.2 Å². The summed E-state index contributed by atoms with van der Waals surface area (Å²) in [5.74, 6) is -0.0532. The van der Waals surface area contributed by atoms with Gasteiger partial charge in [0, 0.05) is 18.3 Å². The Kier molecular flexibility index (Phi) is 6.32. The average Bonchev–Trinajstić information content (AvgIpc) is 3.26. The van der Waals surface area contributed by atoms with Crippen molar-refractivity contribution in [3.05, 3.63) is 83.6 Å². The molecule has 4 nitrogen and oxygen atoms in total. The van der Waals surface area contributed by atoms with Crippen LogP contribution in [-0.4, -0.2) is 21.7 Å². The van der Waals surface area contributed by atoms with Crippen LogP contribution in [0.1, 0.15) is 73.1 Å². The highest BCUT2D eigenvalue weighted by Crippen LogP contribution is 2.45. The number of nitrogens with one attached hydrogen (secondary N) is 1. The quantitative estimate of drug-likeness (QED) is 0.395. The fourth-order valence-electron chi connectivity index (χ4n) is 4.88. The highest BCUT2D eigenvalue weighted by atomic mass is 19.4. The van der Waals surface area contributed by atoms with Crippen LogP contribution in [0.15, 0.2) is 66.9 Å². The first kappa shape index (κ1) is 23.1. The maximum Gasteiger partial charge on any atom is 0.410 e. The number of benzene rings is 2. The summed E-state index contributed by atoms with van der Waals surface area (Å²) in [4.78, 5) is 13.5. The van der Waals surface area contributed by atoms with Crippen LogP contribution in [0.3, 0.4) is 0 Å². The summed E-state index contributed by atoms with van der Waals surface area (Å²) in [6, 6.07) is 16.5. The van der Waals surface area contributed by atoms with Gasteiger partial charge in [0.2, 0.25) is 0 Å². The van der Waals surface area contributed by atoms with Gasteiger partial charge < -0.3 is 5.32 Å². The number of nitrogens with zero attached hydrogens (tertiary/aromatic N) is 2. The first-order chi connectivity index (χ1) is 15.8. The van der Waals surface area contributed by atoms with Gasteiger partial charge in [0.25, 0.3) is 0 Å². The number of hydrogen-bond acceptors (Lipinski definition) is 3. The van der Waals surface area contributed by atoms with E-state index in [9.17, 15) is 18.0 Å². The standard InChI is InChI=1S/C26H28F3N3O/c1-3-25(4-2,19-13-9-6-10-14-19)16-22(33)20-17-30-32-23(26(27,28)29)15-21(31-24(20)32)18-11-7-5-8-12-18/h5-14,17,21,23,31H,3-4,15-16H2,1-2H3. The Morgan fingerprint density at radius 2 is 1.64 bits per heavy atom. The predicted molar refractivity (Wildman–Crippen MR) is 122 cm³/mol. The van der Waals surface area contributed by atoms with Crippen molar-refractivity contribution >= 4 is 11.6 Å². The third-order valence-electron chi connectivity index (χ3n) is 6.98. The SMILES string of the molecule is CCC(CC)(CC(=O)c1cnn2c1NC(c1ccccc1)CC2C(F)(F)F)c1ccccc1. The number of Topliss-reactive ketones (excluding diaryl/α,β-unsaturated/α-hetero) is 1. The zero-order chi connectivity index (χ0) is 23.6. The van der Waals surface area contributed by atoms with E-state index >= 15 is 0 Å². The third kappa shape index (κ3) is 4.41. The van der Waals surface area contributed by atoms with E-state index in [2.05, 4.69) is 10.4 Å². The monoisotopic (exact) mass is 455 g/mol. The number of ketones is 1. The summed E-state index contributed by atoms with van der Waals surface area (Å²) in [5, 5.41) is 7.21. The minimum atomic E-state index is -4.48. The average molecular weight is 456 g/mol. The molecule has 0 saturated heterocycles. The van der Waals surface area contributed by atoms with E-state index in [1.807, 2.05) is 50.2 Å². The van der Waals surface area contributed by atoms with Gasteiger partial charge in [-0.3, -0.25) is 4.79 Å². The molecule has 0 bridgehead atoms. The van der Waals surface area contributed by atoms with E-state index in [1.54, 1.807) is 24.3 Å². The Balaban J connectivity index is 1.71. The number of rotatable bonds is 7. The van der Waals surface area contributed by atoms with E-state index in [4.69, 9.17) is 0 Å². The van der Waals surface area contributed by atoms with Gasteiger partial charge in [-0.05, 0) is 24.0 Å². The summed E-state index contributed by atoms with van der Waals surface area (Å²) in [7, 11) is 0. The molecule has 1 aliphatic rings. The predicted octanol–water partition coefficient (Wildman–Crippen LogP) is 6.87. The van der Waals surface area contributed by atoms with Crippen molar-refractivity contribution in [3.8, 4) is 0 Å². The van der Waals surface area contributed by atoms with Crippen LogP contribution in [0.4, 0.5) is 19.0 Å². The minimum absolute atomic E-state index is 0.150. The Hall–Kier alpha value is -3.09. The number of carbonyl (C=O) groups is 1. The van der Waals surface area contributed by atoms with Gasteiger partial charge in [-0.15, -0.1) is 0 Å². The second-order valence-corrected chi connectivity index (χ2v) is 8.71.